The molecule has 0 aliphatic carbocycles. The summed E-state index contributed by atoms with van der Waals surface area (Å²) in [4.78, 5) is 11.6. The van der Waals surface area contributed by atoms with E-state index in [0.29, 0.717) is 18.6 Å². The topological polar surface area (TPSA) is 65.0 Å². The van der Waals surface area contributed by atoms with Crippen LogP contribution in [-0.4, -0.2) is 36.7 Å². The van der Waals surface area contributed by atoms with Crippen LogP contribution in [0.5, 0.6) is 0 Å². The zero-order chi connectivity index (χ0) is 11.8. The van der Waals surface area contributed by atoms with Crippen molar-refractivity contribution >= 4 is 5.97 Å². The van der Waals surface area contributed by atoms with Crippen molar-refractivity contribution in [2.75, 3.05) is 13.7 Å². The van der Waals surface area contributed by atoms with E-state index in [1.807, 2.05) is 0 Å². The van der Waals surface area contributed by atoms with E-state index in [1.54, 1.807) is 6.92 Å². The molecule has 5 heteroatoms. The maximum Gasteiger partial charge on any atom is 0.339 e. The third-order valence-electron chi connectivity index (χ3n) is 3.09. The molecule has 90 valence electrons. The molecule has 1 spiro atoms. The second kappa shape index (κ2) is 4.07. The number of ether oxygens (including phenoxy) is 3. The van der Waals surface area contributed by atoms with Gasteiger partial charge in [-0.3, -0.25) is 0 Å². The van der Waals surface area contributed by atoms with Crippen LogP contribution in [0.3, 0.4) is 0 Å². The summed E-state index contributed by atoms with van der Waals surface area (Å²) in [6.45, 7) is 2.06. The van der Waals surface area contributed by atoms with Crippen LogP contribution in [0, 0.1) is 0 Å². The summed E-state index contributed by atoms with van der Waals surface area (Å²) in [7, 11) is 1.43. The van der Waals surface area contributed by atoms with Gasteiger partial charge < -0.3 is 19.3 Å². The van der Waals surface area contributed by atoms with Crippen LogP contribution < -0.4 is 0 Å². The lowest BCUT2D eigenvalue weighted by molar-refractivity contribution is -0.286. The van der Waals surface area contributed by atoms with Crippen molar-refractivity contribution in [1.29, 1.82) is 0 Å². The molecule has 0 aromatic carbocycles. The largest absolute Gasteiger partial charge is 0.498 e. The van der Waals surface area contributed by atoms with Gasteiger partial charge >= 0.3 is 5.97 Å². The van der Waals surface area contributed by atoms with Crippen LogP contribution in [0.1, 0.15) is 26.2 Å². The van der Waals surface area contributed by atoms with Gasteiger partial charge in [-0.15, -0.1) is 0 Å². The summed E-state index contributed by atoms with van der Waals surface area (Å²) >= 11 is 0. The molecular formula is C11H16O5. The highest BCUT2D eigenvalue weighted by Crippen LogP contribution is 2.38. The van der Waals surface area contributed by atoms with E-state index >= 15 is 0 Å². The first-order valence-electron chi connectivity index (χ1n) is 5.41. The Morgan fingerprint density at radius 1 is 1.50 bits per heavy atom. The zero-order valence-electron chi connectivity index (χ0n) is 9.49. The van der Waals surface area contributed by atoms with E-state index in [9.17, 15) is 9.90 Å². The first kappa shape index (κ1) is 11.4. The quantitative estimate of drug-likeness (QED) is 0.670. The lowest BCUT2D eigenvalue weighted by Crippen LogP contribution is -2.54. The van der Waals surface area contributed by atoms with Crippen LogP contribution in [0.4, 0.5) is 0 Å². The Balaban J connectivity index is 2.34. The van der Waals surface area contributed by atoms with Gasteiger partial charge in [0, 0.05) is 6.42 Å². The molecule has 2 heterocycles. The summed E-state index contributed by atoms with van der Waals surface area (Å²) < 4.78 is 15.7. The monoisotopic (exact) mass is 228 g/mol. The molecule has 0 saturated carbocycles. The van der Waals surface area contributed by atoms with Gasteiger partial charge in [0.15, 0.2) is 6.10 Å². The lowest BCUT2D eigenvalue weighted by Gasteiger charge is -2.42. The predicted octanol–water partition coefficient (Wildman–Crippen LogP) is 0.721. The number of hydrogen-bond acceptors (Lipinski definition) is 5. The van der Waals surface area contributed by atoms with Crippen LogP contribution >= 0.6 is 0 Å². The molecule has 5 nitrogen and oxygen atoms in total. The fourth-order valence-corrected chi connectivity index (χ4v) is 2.15. The summed E-state index contributed by atoms with van der Waals surface area (Å²) in [6.07, 6.45) is 1.24. The number of aliphatic hydroxyl groups is 1. The third-order valence-corrected chi connectivity index (χ3v) is 3.09. The molecule has 2 rings (SSSR count). The summed E-state index contributed by atoms with van der Waals surface area (Å²) in [5, 5.41) is 10.1. The minimum absolute atomic E-state index is 0.248. The van der Waals surface area contributed by atoms with Crippen molar-refractivity contribution in [3.8, 4) is 0 Å². The minimum Gasteiger partial charge on any atom is -0.498 e. The number of hydrogen-bond donors (Lipinski definition) is 1. The molecule has 1 saturated heterocycles. The minimum atomic E-state index is -1.24. The van der Waals surface area contributed by atoms with Gasteiger partial charge in [0.1, 0.15) is 5.76 Å². The van der Waals surface area contributed by atoms with Gasteiger partial charge in [-0.05, 0) is 19.8 Å². The molecule has 0 aromatic heterocycles. The van der Waals surface area contributed by atoms with E-state index in [2.05, 4.69) is 0 Å². The number of aliphatic hydroxyl groups excluding tert-OH is 1. The molecule has 0 unspecified atom stereocenters. The molecule has 0 aromatic rings. The average molecular weight is 228 g/mol. The van der Waals surface area contributed by atoms with E-state index in [0.717, 1.165) is 12.8 Å². The van der Waals surface area contributed by atoms with Gasteiger partial charge in [0.2, 0.25) is 5.79 Å². The van der Waals surface area contributed by atoms with Gasteiger partial charge in [0.25, 0.3) is 0 Å². The predicted molar refractivity (Wildman–Crippen MR) is 54.3 cm³/mol. The Labute approximate surface area is 94.0 Å². The van der Waals surface area contributed by atoms with Crippen molar-refractivity contribution in [1.82, 2.24) is 0 Å². The fourth-order valence-electron chi connectivity index (χ4n) is 2.15. The number of methoxy groups -OCH3 is 1. The highest BCUT2D eigenvalue weighted by molar-refractivity contribution is 5.89. The smallest absolute Gasteiger partial charge is 0.339 e. The molecular weight excluding hydrogens is 212 g/mol. The van der Waals surface area contributed by atoms with Gasteiger partial charge in [-0.2, -0.15) is 0 Å². The second-order valence-corrected chi connectivity index (χ2v) is 4.10. The molecule has 0 amide bonds. The lowest BCUT2D eigenvalue weighted by atomic mass is 9.94. The first-order valence-corrected chi connectivity index (χ1v) is 5.41. The van der Waals surface area contributed by atoms with E-state index in [1.165, 1.54) is 7.11 Å². The molecule has 0 radical (unpaired) electrons. The van der Waals surface area contributed by atoms with Crippen LogP contribution in [0.15, 0.2) is 11.3 Å². The molecule has 1 N–H and O–H groups in total. The van der Waals surface area contributed by atoms with Crippen molar-refractivity contribution < 1.29 is 24.1 Å². The van der Waals surface area contributed by atoms with Crippen LogP contribution in [-0.2, 0) is 19.0 Å². The molecule has 1 fully saturated rings. The number of esters is 1. The standard InChI is InChI=1S/C11H16O5/c1-7-8(14-2)9(12)11(16-10(7)13)5-3-4-6-15-11/h9,12H,3-6H2,1-2H3/t9-,11+/m0/s1. The average Bonchev–Trinajstić information content (AvgIpc) is 2.29. The molecule has 2 aliphatic rings. The molecule has 2 aliphatic heterocycles. The maximum atomic E-state index is 11.6. The Bertz CT molecular complexity index is 327. The molecule has 0 bridgehead atoms. The Morgan fingerprint density at radius 3 is 2.81 bits per heavy atom. The second-order valence-electron chi connectivity index (χ2n) is 4.10. The van der Waals surface area contributed by atoms with E-state index in [-0.39, 0.29) is 5.76 Å². The van der Waals surface area contributed by atoms with Crippen molar-refractivity contribution in [2.45, 2.75) is 38.1 Å². The Kier molecular flexibility index (Phi) is 2.90. The number of carbonyl (C=O) groups excluding carboxylic acids is 1. The van der Waals surface area contributed by atoms with Gasteiger partial charge in [0.05, 0.1) is 19.3 Å². The first-order chi connectivity index (χ1) is 7.60. The van der Waals surface area contributed by atoms with E-state index in [4.69, 9.17) is 14.2 Å². The number of rotatable bonds is 1. The van der Waals surface area contributed by atoms with Crippen LogP contribution in [0.2, 0.25) is 0 Å². The van der Waals surface area contributed by atoms with Crippen molar-refractivity contribution in [2.24, 2.45) is 0 Å². The summed E-state index contributed by atoms with van der Waals surface area (Å²) in [5.74, 6) is -1.47. The highest BCUT2D eigenvalue weighted by atomic mass is 16.7. The molecule has 2 atom stereocenters. The Hall–Kier alpha value is -1.07. The van der Waals surface area contributed by atoms with Gasteiger partial charge in [-0.1, -0.05) is 0 Å². The number of carbonyl (C=O) groups is 1. The summed E-state index contributed by atoms with van der Waals surface area (Å²) in [5.41, 5.74) is 0.301. The SMILES string of the molecule is COC1=C(C)C(=O)O[C@]2(CCCCO2)[C@H]1O. The summed E-state index contributed by atoms with van der Waals surface area (Å²) in [6, 6.07) is 0. The van der Waals surface area contributed by atoms with Crippen molar-refractivity contribution in [3.63, 3.8) is 0 Å². The fraction of sp³-hybridized carbons (Fsp3) is 0.727. The zero-order valence-corrected chi connectivity index (χ0v) is 9.49. The van der Waals surface area contributed by atoms with E-state index < -0.39 is 17.9 Å². The van der Waals surface area contributed by atoms with Gasteiger partial charge in [-0.25, -0.2) is 4.79 Å². The third kappa shape index (κ3) is 1.60. The van der Waals surface area contributed by atoms with Crippen LogP contribution in [0.25, 0.3) is 0 Å². The normalized spacial score (nSPS) is 35.2. The molecule has 16 heavy (non-hydrogen) atoms. The van der Waals surface area contributed by atoms with Crippen molar-refractivity contribution in [3.05, 3.63) is 11.3 Å². The Morgan fingerprint density at radius 2 is 2.25 bits per heavy atom. The maximum absolute atomic E-state index is 11.6. The highest BCUT2D eigenvalue weighted by Gasteiger charge is 2.51.